The third-order valence-corrected chi connectivity index (χ3v) is 4.38. The van der Waals surface area contributed by atoms with Gasteiger partial charge in [0.05, 0.1) is 13.2 Å². The quantitative estimate of drug-likeness (QED) is 0.896. The largest absolute Gasteiger partial charge is 0.379 e. The normalized spacial score (nSPS) is 23.2. The Morgan fingerprint density at radius 3 is 2.80 bits per heavy atom. The number of anilines is 1. The molecule has 0 spiro atoms. The molecule has 5 nitrogen and oxygen atoms in total. The topological polar surface area (TPSA) is 58.8 Å². The Morgan fingerprint density at radius 2 is 2.05 bits per heavy atom. The zero-order valence-corrected chi connectivity index (χ0v) is 12.8. The Balaban J connectivity index is 1.72. The number of fused-ring (bicyclic) bond motifs is 1. The number of nitrogens with zero attached hydrogens (tertiary/aromatic N) is 2. The molecule has 2 aliphatic rings. The van der Waals surface area contributed by atoms with Crippen LogP contribution in [0.4, 0.5) is 5.69 Å². The number of amides is 1. The molecule has 1 aromatic rings. The third kappa shape index (κ3) is 2.61. The van der Waals surface area contributed by atoms with Crippen molar-refractivity contribution in [3.05, 3.63) is 28.2 Å². The van der Waals surface area contributed by atoms with Gasteiger partial charge in [0.15, 0.2) is 0 Å². The minimum absolute atomic E-state index is 0.00800. The number of ether oxygens (including phenoxy) is 1. The van der Waals surface area contributed by atoms with E-state index in [0.717, 1.165) is 48.6 Å². The molecule has 1 amide bonds. The Hall–Kier alpha value is -0.950. The Morgan fingerprint density at radius 1 is 1.30 bits per heavy atom. The molecule has 108 valence electrons. The predicted molar refractivity (Wildman–Crippen MR) is 80.7 cm³/mol. The lowest BCUT2D eigenvalue weighted by molar-refractivity contribution is -0.119. The SMILES string of the molecule is NC1C(=O)N(CCN2CCOCC2)c2ccc(Br)cc21. The van der Waals surface area contributed by atoms with Crippen LogP contribution in [0, 0.1) is 0 Å². The van der Waals surface area contributed by atoms with Gasteiger partial charge in [-0.1, -0.05) is 15.9 Å². The summed E-state index contributed by atoms with van der Waals surface area (Å²) in [7, 11) is 0. The van der Waals surface area contributed by atoms with Crippen LogP contribution in [0.5, 0.6) is 0 Å². The summed E-state index contributed by atoms with van der Waals surface area (Å²) in [6, 6.07) is 5.31. The molecule has 3 rings (SSSR count). The van der Waals surface area contributed by atoms with Crippen LogP contribution in [0.15, 0.2) is 22.7 Å². The van der Waals surface area contributed by atoms with Crippen molar-refractivity contribution in [3.63, 3.8) is 0 Å². The molecule has 2 aliphatic heterocycles. The van der Waals surface area contributed by atoms with E-state index in [4.69, 9.17) is 10.5 Å². The highest BCUT2D eigenvalue weighted by molar-refractivity contribution is 9.10. The number of morpholine rings is 1. The molecule has 0 aliphatic carbocycles. The average Bonchev–Trinajstić information content (AvgIpc) is 2.70. The summed E-state index contributed by atoms with van der Waals surface area (Å²) in [5, 5.41) is 0. The number of rotatable bonds is 3. The van der Waals surface area contributed by atoms with E-state index in [9.17, 15) is 4.79 Å². The smallest absolute Gasteiger partial charge is 0.248 e. The number of carbonyl (C=O) groups excluding carboxylic acids is 1. The van der Waals surface area contributed by atoms with Crippen molar-refractivity contribution in [1.82, 2.24) is 4.90 Å². The highest BCUT2D eigenvalue weighted by Gasteiger charge is 2.34. The summed E-state index contributed by atoms with van der Waals surface area (Å²) < 4.78 is 6.28. The maximum absolute atomic E-state index is 12.3. The third-order valence-electron chi connectivity index (χ3n) is 3.89. The van der Waals surface area contributed by atoms with Crippen LogP contribution in [-0.2, 0) is 9.53 Å². The van der Waals surface area contributed by atoms with E-state index < -0.39 is 6.04 Å². The van der Waals surface area contributed by atoms with Gasteiger partial charge in [0.2, 0.25) is 5.91 Å². The van der Waals surface area contributed by atoms with Gasteiger partial charge in [-0.2, -0.15) is 0 Å². The van der Waals surface area contributed by atoms with Gasteiger partial charge < -0.3 is 15.4 Å². The second-order valence-corrected chi connectivity index (χ2v) is 6.04. The zero-order valence-electron chi connectivity index (χ0n) is 11.2. The number of carbonyl (C=O) groups is 1. The molecule has 0 saturated carbocycles. The fraction of sp³-hybridized carbons (Fsp3) is 0.500. The maximum atomic E-state index is 12.3. The first kappa shape index (κ1) is 14.0. The van der Waals surface area contributed by atoms with Crippen molar-refractivity contribution in [1.29, 1.82) is 0 Å². The second kappa shape index (κ2) is 5.81. The number of benzene rings is 1. The Labute approximate surface area is 126 Å². The molecule has 0 aromatic heterocycles. The number of hydrogen-bond acceptors (Lipinski definition) is 4. The van der Waals surface area contributed by atoms with Crippen molar-refractivity contribution >= 4 is 27.5 Å². The standard InChI is InChI=1S/C14H18BrN3O2/c15-10-1-2-12-11(9-10)13(16)14(19)18(12)4-3-17-5-7-20-8-6-17/h1-2,9,13H,3-8,16H2. The van der Waals surface area contributed by atoms with Crippen LogP contribution in [0.3, 0.4) is 0 Å². The summed E-state index contributed by atoms with van der Waals surface area (Å²) in [5.41, 5.74) is 7.86. The molecule has 1 atom stereocenters. The van der Waals surface area contributed by atoms with E-state index in [1.807, 2.05) is 23.1 Å². The minimum atomic E-state index is -0.535. The molecule has 1 unspecified atom stereocenters. The van der Waals surface area contributed by atoms with Gasteiger partial charge in [0, 0.05) is 41.9 Å². The van der Waals surface area contributed by atoms with Crippen molar-refractivity contribution < 1.29 is 9.53 Å². The van der Waals surface area contributed by atoms with Crippen LogP contribution in [-0.4, -0.2) is 50.2 Å². The lowest BCUT2D eigenvalue weighted by Gasteiger charge is -2.28. The van der Waals surface area contributed by atoms with Crippen molar-refractivity contribution in [2.75, 3.05) is 44.3 Å². The summed E-state index contributed by atoms with van der Waals surface area (Å²) >= 11 is 3.43. The fourth-order valence-corrected chi connectivity index (χ4v) is 3.12. The van der Waals surface area contributed by atoms with Gasteiger partial charge in [-0.15, -0.1) is 0 Å². The second-order valence-electron chi connectivity index (χ2n) is 5.12. The first-order valence-corrected chi connectivity index (χ1v) is 7.62. The summed E-state index contributed by atoms with van der Waals surface area (Å²) in [6.45, 7) is 4.95. The molecule has 0 bridgehead atoms. The number of halogens is 1. The van der Waals surface area contributed by atoms with E-state index >= 15 is 0 Å². The predicted octanol–water partition coefficient (Wildman–Crippen LogP) is 1.13. The zero-order chi connectivity index (χ0) is 14.1. The molecule has 2 heterocycles. The number of nitrogens with two attached hydrogens (primary N) is 1. The molecule has 20 heavy (non-hydrogen) atoms. The molecule has 2 N–H and O–H groups in total. The van der Waals surface area contributed by atoms with E-state index in [1.165, 1.54) is 0 Å². The van der Waals surface area contributed by atoms with Gasteiger partial charge in [-0.05, 0) is 18.2 Å². The van der Waals surface area contributed by atoms with E-state index in [0.29, 0.717) is 6.54 Å². The van der Waals surface area contributed by atoms with Crippen LogP contribution in [0.1, 0.15) is 11.6 Å². The summed E-state index contributed by atoms with van der Waals surface area (Å²) in [5.74, 6) is -0.00800. The highest BCUT2D eigenvalue weighted by Crippen LogP contribution is 2.36. The molecule has 1 saturated heterocycles. The summed E-state index contributed by atoms with van der Waals surface area (Å²) in [4.78, 5) is 16.4. The lowest BCUT2D eigenvalue weighted by Crippen LogP contribution is -2.43. The molecular weight excluding hydrogens is 322 g/mol. The van der Waals surface area contributed by atoms with E-state index in [2.05, 4.69) is 20.8 Å². The average molecular weight is 340 g/mol. The molecular formula is C14H18BrN3O2. The van der Waals surface area contributed by atoms with Crippen LogP contribution in [0.2, 0.25) is 0 Å². The molecule has 1 aromatic carbocycles. The fourth-order valence-electron chi connectivity index (χ4n) is 2.74. The Bertz CT molecular complexity index is 517. The first-order valence-electron chi connectivity index (χ1n) is 6.83. The summed E-state index contributed by atoms with van der Waals surface area (Å²) in [6.07, 6.45) is 0. The van der Waals surface area contributed by atoms with Gasteiger partial charge in [0.25, 0.3) is 0 Å². The van der Waals surface area contributed by atoms with Crippen molar-refractivity contribution in [3.8, 4) is 0 Å². The van der Waals surface area contributed by atoms with E-state index in [-0.39, 0.29) is 5.91 Å². The highest BCUT2D eigenvalue weighted by atomic mass is 79.9. The van der Waals surface area contributed by atoms with Crippen molar-refractivity contribution in [2.45, 2.75) is 6.04 Å². The van der Waals surface area contributed by atoms with Gasteiger partial charge in [-0.25, -0.2) is 0 Å². The molecule has 0 radical (unpaired) electrons. The van der Waals surface area contributed by atoms with Crippen LogP contribution < -0.4 is 10.6 Å². The lowest BCUT2D eigenvalue weighted by atomic mass is 10.1. The van der Waals surface area contributed by atoms with Gasteiger partial charge >= 0.3 is 0 Å². The Kier molecular flexibility index (Phi) is 4.07. The van der Waals surface area contributed by atoms with E-state index in [1.54, 1.807) is 0 Å². The molecule has 1 fully saturated rings. The minimum Gasteiger partial charge on any atom is -0.379 e. The number of hydrogen-bond donors (Lipinski definition) is 1. The van der Waals surface area contributed by atoms with Crippen LogP contribution >= 0.6 is 15.9 Å². The van der Waals surface area contributed by atoms with Crippen molar-refractivity contribution in [2.24, 2.45) is 5.73 Å². The molecule has 6 heteroatoms. The first-order chi connectivity index (χ1) is 9.66. The van der Waals surface area contributed by atoms with Crippen LogP contribution in [0.25, 0.3) is 0 Å². The monoisotopic (exact) mass is 339 g/mol. The van der Waals surface area contributed by atoms with Gasteiger partial charge in [-0.3, -0.25) is 9.69 Å². The van der Waals surface area contributed by atoms with Gasteiger partial charge in [0.1, 0.15) is 6.04 Å². The maximum Gasteiger partial charge on any atom is 0.248 e.